The van der Waals surface area contributed by atoms with Gasteiger partial charge >= 0.3 is 0 Å². The van der Waals surface area contributed by atoms with E-state index in [2.05, 4.69) is 0 Å². The summed E-state index contributed by atoms with van der Waals surface area (Å²) >= 11 is 0. The molecule has 6 heteroatoms. The second-order valence-corrected chi connectivity index (χ2v) is 5.37. The van der Waals surface area contributed by atoms with Crippen LogP contribution in [0.25, 0.3) is 0 Å². The summed E-state index contributed by atoms with van der Waals surface area (Å²) in [6, 6.07) is 0. The zero-order chi connectivity index (χ0) is 14.5. The van der Waals surface area contributed by atoms with Crippen LogP contribution in [0.5, 0.6) is 0 Å². The third kappa shape index (κ3) is 4.37. The van der Waals surface area contributed by atoms with Gasteiger partial charge in [0.25, 0.3) is 0 Å². The van der Waals surface area contributed by atoms with Crippen molar-refractivity contribution in [3.63, 3.8) is 0 Å². The SMILES string of the molecule is CCCN(OC)[C@]1(O)C[C@@H](OCC(C)C)OC[C@H]1O. The van der Waals surface area contributed by atoms with E-state index in [0.29, 0.717) is 19.1 Å². The highest BCUT2D eigenvalue weighted by Gasteiger charge is 2.48. The summed E-state index contributed by atoms with van der Waals surface area (Å²) in [5, 5.41) is 22.1. The predicted molar refractivity (Wildman–Crippen MR) is 70.1 cm³/mol. The lowest BCUT2D eigenvalue weighted by molar-refractivity contribution is -0.360. The number of hydrogen-bond acceptors (Lipinski definition) is 6. The topological polar surface area (TPSA) is 71.4 Å². The molecule has 0 aromatic carbocycles. The molecule has 19 heavy (non-hydrogen) atoms. The third-order valence-electron chi connectivity index (χ3n) is 3.14. The predicted octanol–water partition coefficient (Wildman–Crippen LogP) is 0.728. The van der Waals surface area contributed by atoms with Gasteiger partial charge < -0.3 is 19.7 Å². The second kappa shape index (κ2) is 7.52. The number of aliphatic hydroxyl groups excluding tert-OH is 1. The molecule has 0 bridgehead atoms. The Labute approximate surface area is 115 Å². The molecule has 0 amide bonds. The van der Waals surface area contributed by atoms with Gasteiger partial charge in [-0.05, 0) is 12.3 Å². The van der Waals surface area contributed by atoms with Crippen molar-refractivity contribution in [2.75, 3.05) is 26.9 Å². The Morgan fingerprint density at radius 1 is 1.47 bits per heavy atom. The van der Waals surface area contributed by atoms with Gasteiger partial charge in [-0.3, -0.25) is 4.84 Å². The highest BCUT2D eigenvalue weighted by atomic mass is 16.7. The number of hydrogen-bond donors (Lipinski definition) is 2. The minimum Gasteiger partial charge on any atom is -0.386 e. The molecule has 1 aliphatic rings. The summed E-state index contributed by atoms with van der Waals surface area (Å²) in [6.45, 7) is 7.18. The van der Waals surface area contributed by atoms with E-state index in [1.807, 2.05) is 20.8 Å². The van der Waals surface area contributed by atoms with Crippen LogP contribution in [0.15, 0.2) is 0 Å². The summed E-state index contributed by atoms with van der Waals surface area (Å²) in [5.74, 6) is 0.387. The molecule has 0 saturated carbocycles. The van der Waals surface area contributed by atoms with Gasteiger partial charge in [-0.15, -0.1) is 0 Å². The van der Waals surface area contributed by atoms with Crippen LogP contribution in [0.2, 0.25) is 0 Å². The van der Waals surface area contributed by atoms with Crippen molar-refractivity contribution in [2.24, 2.45) is 5.92 Å². The lowest BCUT2D eigenvalue weighted by atomic mass is 9.99. The lowest BCUT2D eigenvalue weighted by Crippen LogP contribution is -2.62. The Morgan fingerprint density at radius 3 is 2.68 bits per heavy atom. The van der Waals surface area contributed by atoms with Gasteiger partial charge in [0.2, 0.25) is 0 Å². The fraction of sp³-hybridized carbons (Fsp3) is 1.00. The van der Waals surface area contributed by atoms with E-state index in [-0.39, 0.29) is 13.0 Å². The van der Waals surface area contributed by atoms with Crippen LogP contribution in [-0.2, 0) is 14.3 Å². The van der Waals surface area contributed by atoms with Crippen molar-refractivity contribution < 1.29 is 24.5 Å². The van der Waals surface area contributed by atoms with E-state index < -0.39 is 18.1 Å². The molecule has 1 rings (SSSR count). The fourth-order valence-electron chi connectivity index (χ4n) is 2.09. The van der Waals surface area contributed by atoms with Gasteiger partial charge in [0.15, 0.2) is 12.0 Å². The average molecular weight is 277 g/mol. The molecule has 1 fully saturated rings. The quantitative estimate of drug-likeness (QED) is 0.528. The minimum absolute atomic E-state index is 0.0306. The molecule has 1 saturated heterocycles. The summed E-state index contributed by atoms with van der Waals surface area (Å²) in [7, 11) is 1.49. The molecule has 0 aromatic heterocycles. The van der Waals surface area contributed by atoms with Gasteiger partial charge in [-0.25, -0.2) is 0 Å². The molecule has 0 unspecified atom stereocenters. The highest BCUT2D eigenvalue weighted by molar-refractivity contribution is 4.88. The van der Waals surface area contributed by atoms with Gasteiger partial charge in [0.05, 0.1) is 20.3 Å². The van der Waals surface area contributed by atoms with Gasteiger partial charge in [-0.2, -0.15) is 5.06 Å². The Kier molecular flexibility index (Phi) is 6.65. The fourth-order valence-corrected chi connectivity index (χ4v) is 2.09. The molecule has 1 aliphatic heterocycles. The number of ether oxygens (including phenoxy) is 2. The van der Waals surface area contributed by atoms with Crippen LogP contribution in [0.1, 0.15) is 33.6 Å². The Bertz CT molecular complexity index is 263. The van der Waals surface area contributed by atoms with Gasteiger partial charge in [-0.1, -0.05) is 20.8 Å². The third-order valence-corrected chi connectivity index (χ3v) is 3.14. The van der Waals surface area contributed by atoms with Crippen molar-refractivity contribution in [3.05, 3.63) is 0 Å². The molecule has 114 valence electrons. The van der Waals surface area contributed by atoms with Crippen LogP contribution in [0.4, 0.5) is 0 Å². The van der Waals surface area contributed by atoms with Crippen molar-refractivity contribution in [2.45, 2.75) is 51.7 Å². The Balaban J connectivity index is 2.67. The van der Waals surface area contributed by atoms with E-state index >= 15 is 0 Å². The summed E-state index contributed by atoms with van der Waals surface area (Å²) in [4.78, 5) is 5.19. The smallest absolute Gasteiger partial charge is 0.173 e. The van der Waals surface area contributed by atoms with E-state index in [1.165, 1.54) is 12.2 Å². The van der Waals surface area contributed by atoms with Gasteiger partial charge in [0, 0.05) is 13.0 Å². The van der Waals surface area contributed by atoms with Crippen molar-refractivity contribution >= 4 is 0 Å². The standard InChI is InChI=1S/C13H27NO5/c1-5-6-14(17-4)13(16)7-12(18-8-10(2)3)19-9-11(13)15/h10-12,15-16H,5-9H2,1-4H3/t11-,12+,13+/m1/s1. The van der Waals surface area contributed by atoms with Crippen LogP contribution in [0.3, 0.4) is 0 Å². The lowest BCUT2D eigenvalue weighted by Gasteiger charge is -2.45. The highest BCUT2D eigenvalue weighted by Crippen LogP contribution is 2.30. The molecule has 3 atom stereocenters. The number of nitrogens with zero attached hydrogens (tertiary/aromatic N) is 1. The van der Waals surface area contributed by atoms with Crippen molar-refractivity contribution in [3.8, 4) is 0 Å². The van der Waals surface area contributed by atoms with E-state index in [0.717, 1.165) is 6.42 Å². The summed E-state index contributed by atoms with van der Waals surface area (Å²) in [6.07, 6.45) is -0.570. The normalized spacial score (nSPS) is 32.2. The van der Waals surface area contributed by atoms with Crippen molar-refractivity contribution in [1.82, 2.24) is 5.06 Å². The first-order valence-electron chi connectivity index (χ1n) is 6.89. The molecule has 0 spiro atoms. The Hall–Kier alpha value is -0.240. The average Bonchev–Trinajstić information content (AvgIpc) is 2.37. The first kappa shape index (κ1) is 16.8. The molecular formula is C13H27NO5. The maximum atomic E-state index is 10.7. The zero-order valence-electron chi connectivity index (χ0n) is 12.3. The maximum absolute atomic E-state index is 10.7. The Morgan fingerprint density at radius 2 is 2.16 bits per heavy atom. The molecule has 0 aliphatic carbocycles. The summed E-state index contributed by atoms with van der Waals surface area (Å²) < 4.78 is 11.0. The first-order chi connectivity index (χ1) is 8.93. The van der Waals surface area contributed by atoms with E-state index in [1.54, 1.807) is 0 Å². The van der Waals surface area contributed by atoms with Gasteiger partial charge in [0.1, 0.15) is 6.10 Å². The second-order valence-electron chi connectivity index (χ2n) is 5.37. The van der Waals surface area contributed by atoms with Crippen LogP contribution in [0, 0.1) is 5.92 Å². The molecule has 6 nitrogen and oxygen atoms in total. The largest absolute Gasteiger partial charge is 0.386 e. The minimum atomic E-state index is -1.47. The number of aliphatic hydroxyl groups is 2. The zero-order valence-corrected chi connectivity index (χ0v) is 12.3. The molecule has 2 N–H and O–H groups in total. The number of rotatable bonds is 7. The molecular weight excluding hydrogens is 250 g/mol. The molecule has 0 radical (unpaired) electrons. The molecule has 1 heterocycles. The maximum Gasteiger partial charge on any atom is 0.173 e. The van der Waals surface area contributed by atoms with Crippen LogP contribution >= 0.6 is 0 Å². The number of hydroxylamine groups is 2. The first-order valence-corrected chi connectivity index (χ1v) is 6.89. The molecule has 0 aromatic rings. The van der Waals surface area contributed by atoms with Crippen molar-refractivity contribution in [1.29, 1.82) is 0 Å². The van der Waals surface area contributed by atoms with Crippen LogP contribution < -0.4 is 0 Å². The monoisotopic (exact) mass is 277 g/mol. The van der Waals surface area contributed by atoms with E-state index in [4.69, 9.17) is 14.3 Å². The summed E-state index contributed by atoms with van der Waals surface area (Å²) in [5.41, 5.74) is -1.47. The van der Waals surface area contributed by atoms with Crippen LogP contribution in [-0.4, -0.2) is 60.3 Å². The van der Waals surface area contributed by atoms with E-state index in [9.17, 15) is 10.2 Å².